The van der Waals surface area contributed by atoms with E-state index < -0.39 is 12.1 Å². The van der Waals surface area contributed by atoms with E-state index >= 15 is 0 Å². The van der Waals surface area contributed by atoms with Gasteiger partial charge in [0.2, 0.25) is 5.91 Å². The predicted octanol–water partition coefficient (Wildman–Crippen LogP) is 4.55. The number of amides is 2. The molecule has 0 fully saturated rings. The SMILES string of the molecule is NC[C@@H](CNC(=O)CCC(CCc1ccccc1)c1ccccc1)NC(=O)OCc1ccccc1. The van der Waals surface area contributed by atoms with Crippen molar-refractivity contribution in [2.24, 2.45) is 5.73 Å². The van der Waals surface area contributed by atoms with E-state index in [0.717, 1.165) is 24.8 Å². The van der Waals surface area contributed by atoms with Gasteiger partial charge in [0.15, 0.2) is 0 Å². The third kappa shape index (κ3) is 9.63. The number of aryl methyl sites for hydroxylation is 1. The highest BCUT2D eigenvalue weighted by atomic mass is 16.5. The average molecular weight is 474 g/mol. The molecular weight excluding hydrogens is 438 g/mol. The molecule has 0 aliphatic heterocycles. The monoisotopic (exact) mass is 473 g/mol. The number of carbonyl (C=O) groups excluding carboxylic acids is 2. The second-order valence-electron chi connectivity index (χ2n) is 8.61. The van der Waals surface area contributed by atoms with Crippen LogP contribution in [0.5, 0.6) is 0 Å². The third-order valence-electron chi connectivity index (χ3n) is 5.98. The Morgan fingerprint density at radius 3 is 2.03 bits per heavy atom. The lowest BCUT2D eigenvalue weighted by atomic mass is 9.88. The van der Waals surface area contributed by atoms with Gasteiger partial charge in [-0.3, -0.25) is 4.79 Å². The zero-order valence-corrected chi connectivity index (χ0v) is 20.1. The number of ether oxygens (including phenoxy) is 1. The Morgan fingerprint density at radius 1 is 0.800 bits per heavy atom. The minimum Gasteiger partial charge on any atom is -0.445 e. The van der Waals surface area contributed by atoms with Crippen LogP contribution in [0.1, 0.15) is 41.9 Å². The minimum atomic E-state index is -0.552. The molecule has 2 amide bonds. The van der Waals surface area contributed by atoms with Crippen molar-refractivity contribution < 1.29 is 14.3 Å². The summed E-state index contributed by atoms with van der Waals surface area (Å²) in [6.07, 6.45) is 2.55. The second kappa shape index (κ2) is 14.6. The molecule has 0 spiro atoms. The molecule has 6 heteroatoms. The summed E-state index contributed by atoms with van der Waals surface area (Å²) in [5.74, 6) is 0.238. The number of rotatable bonds is 13. The highest BCUT2D eigenvalue weighted by Gasteiger charge is 2.16. The van der Waals surface area contributed by atoms with Crippen LogP contribution in [0.25, 0.3) is 0 Å². The van der Waals surface area contributed by atoms with Crippen LogP contribution in [0.2, 0.25) is 0 Å². The highest BCUT2D eigenvalue weighted by molar-refractivity contribution is 5.76. The lowest BCUT2D eigenvalue weighted by Crippen LogP contribution is -2.47. The molecule has 3 rings (SSSR count). The first kappa shape index (κ1) is 26.0. The first-order chi connectivity index (χ1) is 17.1. The molecule has 3 aromatic rings. The first-order valence-corrected chi connectivity index (χ1v) is 12.2. The Balaban J connectivity index is 1.43. The molecule has 0 radical (unpaired) electrons. The fraction of sp³-hybridized carbons (Fsp3) is 0.310. The van der Waals surface area contributed by atoms with Crippen LogP contribution in [0.3, 0.4) is 0 Å². The average Bonchev–Trinajstić information content (AvgIpc) is 2.91. The first-order valence-electron chi connectivity index (χ1n) is 12.2. The van der Waals surface area contributed by atoms with Crippen LogP contribution in [-0.4, -0.2) is 31.1 Å². The summed E-state index contributed by atoms with van der Waals surface area (Å²) in [5.41, 5.74) is 9.24. The third-order valence-corrected chi connectivity index (χ3v) is 5.98. The quantitative estimate of drug-likeness (QED) is 0.339. The maximum atomic E-state index is 12.6. The van der Waals surface area contributed by atoms with Crippen LogP contribution >= 0.6 is 0 Å². The van der Waals surface area contributed by atoms with E-state index in [9.17, 15) is 9.59 Å². The van der Waals surface area contributed by atoms with Crippen molar-refractivity contribution in [1.29, 1.82) is 0 Å². The highest BCUT2D eigenvalue weighted by Crippen LogP contribution is 2.26. The van der Waals surface area contributed by atoms with Crippen molar-refractivity contribution >= 4 is 12.0 Å². The molecule has 0 saturated heterocycles. The summed E-state index contributed by atoms with van der Waals surface area (Å²) < 4.78 is 5.24. The number of alkyl carbamates (subject to hydrolysis) is 1. The van der Waals surface area contributed by atoms with Gasteiger partial charge in [0.05, 0.1) is 6.04 Å². The molecule has 0 aromatic heterocycles. The fourth-order valence-corrected chi connectivity index (χ4v) is 3.94. The van der Waals surface area contributed by atoms with E-state index in [0.29, 0.717) is 12.3 Å². The maximum Gasteiger partial charge on any atom is 0.407 e. The number of carbonyl (C=O) groups is 2. The van der Waals surface area contributed by atoms with Crippen molar-refractivity contribution in [3.8, 4) is 0 Å². The second-order valence-corrected chi connectivity index (χ2v) is 8.61. The summed E-state index contributed by atoms with van der Waals surface area (Å²) in [6.45, 7) is 0.639. The molecule has 184 valence electrons. The molecule has 2 atom stereocenters. The van der Waals surface area contributed by atoms with Crippen molar-refractivity contribution in [3.63, 3.8) is 0 Å². The molecule has 0 aliphatic carbocycles. The van der Waals surface area contributed by atoms with E-state index in [-0.39, 0.29) is 25.6 Å². The van der Waals surface area contributed by atoms with Gasteiger partial charge in [0.25, 0.3) is 0 Å². The van der Waals surface area contributed by atoms with Gasteiger partial charge in [0.1, 0.15) is 6.61 Å². The van der Waals surface area contributed by atoms with Gasteiger partial charge in [0, 0.05) is 19.5 Å². The van der Waals surface area contributed by atoms with Gasteiger partial charge in [-0.15, -0.1) is 0 Å². The molecule has 35 heavy (non-hydrogen) atoms. The molecule has 6 nitrogen and oxygen atoms in total. The predicted molar refractivity (Wildman–Crippen MR) is 139 cm³/mol. The Morgan fingerprint density at radius 2 is 1.40 bits per heavy atom. The summed E-state index contributed by atoms with van der Waals surface area (Å²) in [7, 11) is 0. The summed E-state index contributed by atoms with van der Waals surface area (Å²) in [6, 6.07) is 29.8. The van der Waals surface area contributed by atoms with E-state index in [1.807, 2.05) is 54.6 Å². The molecule has 0 heterocycles. The van der Waals surface area contributed by atoms with Crippen molar-refractivity contribution in [2.75, 3.05) is 13.1 Å². The van der Waals surface area contributed by atoms with E-state index in [1.54, 1.807) is 0 Å². The van der Waals surface area contributed by atoms with Gasteiger partial charge >= 0.3 is 6.09 Å². The zero-order valence-electron chi connectivity index (χ0n) is 20.1. The van der Waals surface area contributed by atoms with Crippen molar-refractivity contribution in [2.45, 2.75) is 44.2 Å². The van der Waals surface area contributed by atoms with Gasteiger partial charge in [-0.05, 0) is 41.9 Å². The normalized spacial score (nSPS) is 12.4. The minimum absolute atomic E-state index is 0.0523. The Kier molecular flexibility index (Phi) is 10.8. The summed E-state index contributed by atoms with van der Waals surface area (Å²) >= 11 is 0. The fourth-order valence-electron chi connectivity index (χ4n) is 3.94. The van der Waals surface area contributed by atoms with Gasteiger partial charge in [-0.2, -0.15) is 0 Å². The van der Waals surface area contributed by atoms with Crippen LogP contribution in [0.4, 0.5) is 4.79 Å². The van der Waals surface area contributed by atoms with Crippen molar-refractivity contribution in [3.05, 3.63) is 108 Å². The van der Waals surface area contributed by atoms with Gasteiger partial charge < -0.3 is 21.1 Å². The Hall–Kier alpha value is -3.64. The molecule has 0 saturated carbocycles. The topological polar surface area (TPSA) is 93.5 Å². The standard InChI is InChI=1S/C29H35N3O3/c30-20-27(32-29(34)35-22-24-12-6-2-7-13-24)21-31-28(33)19-18-26(25-14-8-3-9-15-25)17-16-23-10-4-1-5-11-23/h1-15,26-27H,16-22,30H2,(H,31,33)(H,32,34)/t26?,27-/m0/s1. The summed E-state index contributed by atoms with van der Waals surface area (Å²) in [4.78, 5) is 24.7. The Bertz CT molecular complexity index is 1010. The zero-order chi connectivity index (χ0) is 24.7. The molecular formula is C29H35N3O3. The number of benzene rings is 3. The lowest BCUT2D eigenvalue weighted by molar-refractivity contribution is -0.121. The number of hydrogen-bond acceptors (Lipinski definition) is 4. The van der Waals surface area contributed by atoms with E-state index in [2.05, 4.69) is 47.0 Å². The number of nitrogens with one attached hydrogen (secondary N) is 2. The maximum absolute atomic E-state index is 12.6. The number of hydrogen-bond donors (Lipinski definition) is 3. The lowest BCUT2D eigenvalue weighted by Gasteiger charge is -2.19. The molecule has 1 unspecified atom stereocenters. The van der Waals surface area contributed by atoms with Gasteiger partial charge in [-0.25, -0.2) is 4.79 Å². The smallest absolute Gasteiger partial charge is 0.407 e. The van der Waals surface area contributed by atoms with Gasteiger partial charge in [-0.1, -0.05) is 91.0 Å². The molecule has 0 aliphatic rings. The largest absolute Gasteiger partial charge is 0.445 e. The van der Waals surface area contributed by atoms with Crippen LogP contribution < -0.4 is 16.4 Å². The van der Waals surface area contributed by atoms with E-state index in [1.165, 1.54) is 11.1 Å². The number of nitrogens with two attached hydrogens (primary N) is 1. The summed E-state index contributed by atoms with van der Waals surface area (Å²) in [5, 5.41) is 5.62. The molecule has 3 aromatic carbocycles. The van der Waals surface area contributed by atoms with Crippen molar-refractivity contribution in [1.82, 2.24) is 10.6 Å². The van der Waals surface area contributed by atoms with E-state index in [4.69, 9.17) is 10.5 Å². The molecule has 4 N–H and O–H groups in total. The van der Waals surface area contributed by atoms with Crippen LogP contribution in [0.15, 0.2) is 91.0 Å². The van der Waals surface area contributed by atoms with Crippen LogP contribution in [0, 0.1) is 0 Å². The van der Waals surface area contributed by atoms with Crippen LogP contribution in [-0.2, 0) is 22.6 Å². The molecule has 0 bridgehead atoms. The Labute approximate surface area is 207 Å².